The maximum atomic E-state index is 9.96. The Bertz CT molecular complexity index is 253. The van der Waals surface area contributed by atoms with Crippen LogP contribution in [0.2, 0.25) is 0 Å². The Hall–Kier alpha value is -0.240. The average molecular weight is 237 g/mol. The van der Waals surface area contributed by atoms with Crippen molar-refractivity contribution < 1.29 is 31.6 Å². The highest BCUT2D eigenvalue weighted by Crippen LogP contribution is 2.29. The van der Waals surface area contributed by atoms with E-state index in [1.165, 1.54) is 0 Å². The summed E-state index contributed by atoms with van der Waals surface area (Å²) in [5, 5.41) is 48.0. The molecule has 6 atom stereocenters. The molecule has 0 aromatic rings. The average Bonchev–Trinajstić information content (AvgIpc) is 2.31. The fourth-order valence-corrected chi connectivity index (χ4v) is 1.64. The maximum Gasteiger partial charge on any atom is 0.221 e. The second-order valence-corrected chi connectivity index (χ2v) is 4.01. The summed E-state index contributed by atoms with van der Waals surface area (Å²) in [6, 6.07) is 0. The van der Waals surface area contributed by atoms with Crippen molar-refractivity contribution in [3.05, 3.63) is 0 Å². The molecule has 0 amide bonds. The lowest BCUT2D eigenvalue weighted by atomic mass is 9.90. The summed E-state index contributed by atoms with van der Waals surface area (Å²) in [7, 11) is 0. The molecule has 0 spiro atoms. The van der Waals surface area contributed by atoms with Crippen LogP contribution >= 0.6 is 0 Å². The lowest BCUT2D eigenvalue weighted by Gasteiger charge is -2.44. The van der Waals surface area contributed by atoms with Crippen LogP contribution in [0.4, 0.5) is 0 Å². The van der Waals surface area contributed by atoms with Crippen molar-refractivity contribution in [2.75, 3.05) is 6.61 Å². The minimum atomic E-state index is -2.34. The molecule has 0 aromatic heterocycles. The molecular weight excluding hydrogens is 216 g/mol. The van der Waals surface area contributed by atoms with Gasteiger partial charge in [-0.3, -0.25) is 0 Å². The van der Waals surface area contributed by atoms with E-state index in [0.29, 0.717) is 6.42 Å². The maximum absolute atomic E-state index is 9.96. The van der Waals surface area contributed by atoms with Crippen LogP contribution in [0.25, 0.3) is 0 Å². The molecule has 0 aromatic carbocycles. The molecular formula is C10H20O6. The molecule has 1 aliphatic rings. The Morgan fingerprint density at radius 3 is 2.69 bits per heavy atom. The van der Waals surface area contributed by atoms with Crippen molar-refractivity contribution in [3.8, 4) is 0 Å². The van der Waals surface area contributed by atoms with Crippen molar-refractivity contribution in [1.82, 2.24) is 0 Å². The highest BCUT2D eigenvalue weighted by atomic mass is 16.7. The van der Waals surface area contributed by atoms with Crippen LogP contribution in [0, 0.1) is 0 Å². The van der Waals surface area contributed by atoms with Gasteiger partial charge >= 0.3 is 0 Å². The zero-order chi connectivity index (χ0) is 13.2. The van der Waals surface area contributed by atoms with Gasteiger partial charge in [-0.25, -0.2) is 0 Å². The van der Waals surface area contributed by atoms with Crippen LogP contribution in [-0.4, -0.2) is 62.3 Å². The molecule has 5 N–H and O–H groups in total. The molecule has 0 bridgehead atoms. The molecule has 3 unspecified atom stereocenters. The van der Waals surface area contributed by atoms with Gasteiger partial charge in [0.1, 0.15) is 24.4 Å². The Morgan fingerprint density at radius 1 is 1.50 bits per heavy atom. The normalized spacial score (nSPS) is 44.9. The zero-order valence-electron chi connectivity index (χ0n) is 10.2. The zero-order valence-corrected chi connectivity index (χ0v) is 9.15. The fraction of sp³-hybridized carbons (Fsp3) is 1.00. The van der Waals surface area contributed by atoms with Gasteiger partial charge in [0.25, 0.3) is 0 Å². The monoisotopic (exact) mass is 237 g/mol. The third kappa shape index (κ3) is 2.53. The van der Waals surface area contributed by atoms with Crippen LogP contribution in [-0.2, 0) is 4.74 Å². The smallest absolute Gasteiger partial charge is 0.221 e. The Labute approximate surface area is 95.5 Å². The molecule has 1 aliphatic heterocycles. The van der Waals surface area contributed by atoms with Gasteiger partial charge in [-0.1, -0.05) is 19.7 Å². The molecule has 16 heavy (non-hydrogen) atoms. The molecule has 0 radical (unpaired) electrons. The van der Waals surface area contributed by atoms with Crippen LogP contribution in [0.3, 0.4) is 0 Å². The van der Waals surface area contributed by atoms with E-state index in [2.05, 4.69) is 0 Å². The predicted molar refractivity (Wildman–Crippen MR) is 54.5 cm³/mol. The molecule has 0 saturated carbocycles. The first-order chi connectivity index (χ1) is 7.82. The van der Waals surface area contributed by atoms with E-state index in [4.69, 9.17) is 6.11 Å². The highest BCUT2D eigenvalue weighted by Gasteiger charge is 2.52. The fourth-order valence-electron chi connectivity index (χ4n) is 1.64. The van der Waals surface area contributed by atoms with E-state index < -0.39 is 36.6 Å². The summed E-state index contributed by atoms with van der Waals surface area (Å²) in [5.41, 5.74) is 0. The van der Waals surface area contributed by atoms with E-state index in [1.54, 1.807) is 6.92 Å². The van der Waals surface area contributed by atoms with E-state index >= 15 is 0 Å². The minimum Gasteiger partial charge on any atom is -0.388 e. The van der Waals surface area contributed by atoms with Crippen molar-refractivity contribution in [2.24, 2.45) is 0 Å². The van der Waals surface area contributed by atoms with Gasteiger partial charge in [-0.2, -0.15) is 0 Å². The van der Waals surface area contributed by atoms with Crippen LogP contribution < -0.4 is 0 Å². The largest absolute Gasteiger partial charge is 0.388 e. The Kier molecular flexibility index (Phi) is 4.12. The first-order valence-electron chi connectivity index (χ1n) is 5.91. The first kappa shape index (κ1) is 12.2. The summed E-state index contributed by atoms with van der Waals surface area (Å²) in [5.74, 6) is -2.34. The molecule has 1 saturated heterocycles. The second kappa shape index (κ2) is 5.39. The van der Waals surface area contributed by atoms with Crippen molar-refractivity contribution in [1.29, 1.82) is 0 Å². The number of hydrogen-bond donors (Lipinski definition) is 5. The lowest BCUT2D eigenvalue weighted by Crippen LogP contribution is -2.65. The Morgan fingerprint density at radius 2 is 2.12 bits per heavy atom. The topological polar surface area (TPSA) is 110 Å². The van der Waals surface area contributed by atoms with Gasteiger partial charge in [0, 0.05) is 1.37 Å². The van der Waals surface area contributed by atoms with Gasteiger partial charge in [0.05, 0.1) is 6.61 Å². The van der Waals surface area contributed by atoms with Crippen molar-refractivity contribution >= 4 is 0 Å². The lowest BCUT2D eigenvalue weighted by molar-refractivity contribution is -0.352. The van der Waals surface area contributed by atoms with E-state index in [9.17, 15) is 25.5 Å². The molecule has 1 heterocycles. The van der Waals surface area contributed by atoms with Crippen LogP contribution in [0.1, 0.15) is 27.5 Å². The summed E-state index contributed by atoms with van der Waals surface area (Å²) in [4.78, 5) is 0. The van der Waals surface area contributed by atoms with Crippen LogP contribution in [0.5, 0.6) is 0 Å². The third-order valence-electron chi connectivity index (χ3n) is 2.78. The third-order valence-corrected chi connectivity index (χ3v) is 2.78. The molecule has 6 nitrogen and oxygen atoms in total. The Balaban J connectivity index is 2.72. The highest BCUT2D eigenvalue weighted by molar-refractivity contribution is 4.95. The first-order valence-corrected chi connectivity index (χ1v) is 5.33. The molecule has 96 valence electrons. The van der Waals surface area contributed by atoms with Gasteiger partial charge in [0.2, 0.25) is 5.79 Å². The van der Waals surface area contributed by atoms with Gasteiger partial charge < -0.3 is 30.3 Å². The summed E-state index contributed by atoms with van der Waals surface area (Å²) in [6.07, 6.45) is -6.42. The molecule has 6 heteroatoms. The number of aliphatic hydroxyl groups is 5. The predicted octanol–water partition coefficient (Wildman–Crippen LogP) is -1.66. The SMILES string of the molecule is [2H]C(CC)CC(O)C1(O)OC[C@@H](O)[C@@H](O)[C@@H]1O. The summed E-state index contributed by atoms with van der Waals surface area (Å²) >= 11 is 0. The minimum absolute atomic E-state index is 0.0904. The van der Waals surface area contributed by atoms with Crippen molar-refractivity contribution in [3.63, 3.8) is 0 Å². The van der Waals surface area contributed by atoms with E-state index in [1.807, 2.05) is 0 Å². The summed E-state index contributed by atoms with van der Waals surface area (Å²) < 4.78 is 12.3. The standard InChI is InChI=1S/C10H20O6/c1-2-3-4-7(12)10(15)9(14)8(13)6(11)5-16-10/h6-9,11-15H,2-5H2,1H3/t6-,7?,8-,9+,10?/m1/s1/i3D/t3?,6-,7?,8-,9+,10?. The molecule has 1 fully saturated rings. The van der Waals surface area contributed by atoms with Crippen molar-refractivity contribution in [2.45, 2.75) is 56.4 Å². The number of hydrogen-bond acceptors (Lipinski definition) is 6. The number of rotatable bonds is 4. The molecule has 0 aliphatic carbocycles. The van der Waals surface area contributed by atoms with E-state index in [-0.39, 0.29) is 13.0 Å². The summed E-state index contributed by atoms with van der Waals surface area (Å²) in [6.45, 7) is 1.37. The molecule has 1 rings (SSSR count). The van der Waals surface area contributed by atoms with Gasteiger partial charge in [-0.05, 0) is 6.42 Å². The van der Waals surface area contributed by atoms with Crippen LogP contribution in [0.15, 0.2) is 0 Å². The quantitative estimate of drug-likeness (QED) is 0.400. The van der Waals surface area contributed by atoms with Gasteiger partial charge in [-0.15, -0.1) is 0 Å². The van der Waals surface area contributed by atoms with E-state index in [0.717, 1.165) is 0 Å². The van der Waals surface area contributed by atoms with Gasteiger partial charge in [0.15, 0.2) is 0 Å². The number of aliphatic hydroxyl groups excluding tert-OH is 4. The number of ether oxygens (including phenoxy) is 1. The second-order valence-electron chi connectivity index (χ2n) is 4.01.